The Hall–Kier alpha value is -3.35. The number of nitrogens with zero attached hydrogens (tertiary/aromatic N) is 2. The lowest BCUT2D eigenvalue weighted by molar-refractivity contribution is -0.141. The van der Waals surface area contributed by atoms with E-state index in [1.807, 2.05) is 11.0 Å². The van der Waals surface area contributed by atoms with Crippen LogP contribution in [0.3, 0.4) is 0 Å². The average Bonchev–Trinajstić information content (AvgIpc) is 3.36. The van der Waals surface area contributed by atoms with Crippen LogP contribution >= 0.6 is 0 Å². The SMILES string of the molecule is CC1CCCN(C(=O)C2CCN(C(=O)C(=Cc3ccco3)NC(=O)c3ccccc3)CC2)C1. The van der Waals surface area contributed by atoms with E-state index in [1.54, 1.807) is 47.4 Å². The molecule has 7 nitrogen and oxygen atoms in total. The molecule has 0 spiro atoms. The van der Waals surface area contributed by atoms with Crippen LogP contribution in [0.15, 0.2) is 58.8 Å². The van der Waals surface area contributed by atoms with E-state index in [4.69, 9.17) is 4.42 Å². The lowest BCUT2D eigenvalue weighted by Crippen LogP contribution is -2.48. The van der Waals surface area contributed by atoms with Crippen molar-refractivity contribution in [1.82, 2.24) is 15.1 Å². The molecule has 7 heteroatoms. The van der Waals surface area contributed by atoms with Crippen LogP contribution in [0.5, 0.6) is 0 Å². The smallest absolute Gasteiger partial charge is 0.270 e. The van der Waals surface area contributed by atoms with Crippen LogP contribution in [0.1, 0.15) is 48.7 Å². The molecule has 2 aliphatic heterocycles. The summed E-state index contributed by atoms with van der Waals surface area (Å²) in [5.41, 5.74) is 0.629. The van der Waals surface area contributed by atoms with Crippen LogP contribution in [0.2, 0.25) is 0 Å². The lowest BCUT2D eigenvalue weighted by Gasteiger charge is -2.37. The van der Waals surface area contributed by atoms with Crippen molar-refractivity contribution in [3.8, 4) is 0 Å². The first-order valence-corrected chi connectivity index (χ1v) is 11.7. The molecule has 1 aromatic carbocycles. The topological polar surface area (TPSA) is 82.9 Å². The summed E-state index contributed by atoms with van der Waals surface area (Å²) < 4.78 is 5.36. The van der Waals surface area contributed by atoms with Crippen molar-refractivity contribution in [3.63, 3.8) is 0 Å². The first kappa shape index (κ1) is 22.8. The molecule has 0 aliphatic carbocycles. The first-order valence-electron chi connectivity index (χ1n) is 11.7. The minimum absolute atomic E-state index is 0.0456. The van der Waals surface area contributed by atoms with Gasteiger partial charge in [0, 0.05) is 43.7 Å². The second-order valence-electron chi connectivity index (χ2n) is 8.99. The third-order valence-electron chi connectivity index (χ3n) is 6.44. The molecule has 174 valence electrons. The van der Waals surface area contributed by atoms with Crippen molar-refractivity contribution in [2.24, 2.45) is 11.8 Å². The van der Waals surface area contributed by atoms with Gasteiger partial charge in [-0.3, -0.25) is 14.4 Å². The Morgan fingerprint density at radius 2 is 1.73 bits per heavy atom. The monoisotopic (exact) mass is 449 g/mol. The molecule has 4 rings (SSSR count). The highest BCUT2D eigenvalue weighted by Gasteiger charge is 2.32. The van der Waals surface area contributed by atoms with Gasteiger partial charge >= 0.3 is 0 Å². The second-order valence-corrected chi connectivity index (χ2v) is 8.99. The summed E-state index contributed by atoms with van der Waals surface area (Å²) in [7, 11) is 0. The highest BCUT2D eigenvalue weighted by molar-refractivity contribution is 6.05. The zero-order valence-electron chi connectivity index (χ0n) is 19.0. The van der Waals surface area contributed by atoms with Gasteiger partial charge in [0.1, 0.15) is 11.5 Å². The van der Waals surface area contributed by atoms with E-state index in [9.17, 15) is 14.4 Å². The number of hydrogen-bond donors (Lipinski definition) is 1. The summed E-state index contributed by atoms with van der Waals surface area (Å²) in [6, 6.07) is 12.2. The van der Waals surface area contributed by atoms with Gasteiger partial charge in [-0.15, -0.1) is 0 Å². The fourth-order valence-electron chi connectivity index (χ4n) is 4.60. The Labute approximate surface area is 194 Å². The van der Waals surface area contributed by atoms with Crippen molar-refractivity contribution in [2.75, 3.05) is 26.2 Å². The predicted octanol–water partition coefficient (Wildman–Crippen LogP) is 3.55. The quantitative estimate of drug-likeness (QED) is 0.708. The number of likely N-dealkylation sites (tertiary alicyclic amines) is 2. The van der Waals surface area contributed by atoms with Gasteiger partial charge in [0.15, 0.2) is 0 Å². The fraction of sp³-hybridized carbons (Fsp3) is 0.423. The molecule has 1 aromatic heterocycles. The van der Waals surface area contributed by atoms with Crippen LogP contribution in [0, 0.1) is 11.8 Å². The molecule has 2 saturated heterocycles. The Morgan fingerprint density at radius 3 is 2.39 bits per heavy atom. The number of piperidine rings is 2. The van der Waals surface area contributed by atoms with Crippen molar-refractivity contribution in [3.05, 3.63) is 65.7 Å². The molecule has 2 aromatic rings. The summed E-state index contributed by atoms with van der Waals surface area (Å²) >= 11 is 0. The van der Waals surface area contributed by atoms with Crippen molar-refractivity contribution < 1.29 is 18.8 Å². The molecule has 3 heterocycles. The Morgan fingerprint density at radius 1 is 0.970 bits per heavy atom. The molecule has 2 aliphatic rings. The summed E-state index contributed by atoms with van der Waals surface area (Å²) in [5, 5.41) is 2.75. The van der Waals surface area contributed by atoms with E-state index in [0.717, 1.165) is 19.5 Å². The van der Waals surface area contributed by atoms with Crippen LogP contribution in [0.25, 0.3) is 6.08 Å². The average molecular weight is 450 g/mol. The summed E-state index contributed by atoms with van der Waals surface area (Å²) in [5.74, 6) is 0.579. The zero-order chi connectivity index (χ0) is 23.2. The Kier molecular flexibility index (Phi) is 7.27. The van der Waals surface area contributed by atoms with Gasteiger partial charge in [-0.25, -0.2) is 0 Å². The third kappa shape index (κ3) is 5.72. The largest absolute Gasteiger partial charge is 0.465 e. The van der Waals surface area contributed by atoms with Crippen LogP contribution in [-0.2, 0) is 9.59 Å². The second kappa shape index (κ2) is 10.5. The van der Waals surface area contributed by atoms with Gasteiger partial charge in [0.05, 0.1) is 6.26 Å². The lowest BCUT2D eigenvalue weighted by atomic mass is 9.92. The number of amides is 3. The maximum Gasteiger partial charge on any atom is 0.270 e. The maximum absolute atomic E-state index is 13.3. The number of benzene rings is 1. The van der Waals surface area contributed by atoms with Crippen molar-refractivity contribution >= 4 is 23.8 Å². The van der Waals surface area contributed by atoms with Crippen molar-refractivity contribution in [1.29, 1.82) is 0 Å². The van der Waals surface area contributed by atoms with Crippen LogP contribution < -0.4 is 5.32 Å². The number of carbonyl (C=O) groups excluding carboxylic acids is 3. The predicted molar refractivity (Wildman–Crippen MR) is 125 cm³/mol. The molecule has 0 radical (unpaired) electrons. The number of carbonyl (C=O) groups is 3. The third-order valence-corrected chi connectivity index (χ3v) is 6.44. The minimum Gasteiger partial charge on any atom is -0.465 e. The van der Waals surface area contributed by atoms with E-state index in [1.165, 1.54) is 12.7 Å². The standard InChI is InChI=1S/C26H31N3O4/c1-19-7-5-13-29(18-19)25(31)21-11-14-28(15-12-21)26(32)23(17-22-10-6-16-33-22)27-24(30)20-8-3-2-4-9-20/h2-4,6,8-10,16-17,19,21H,5,7,11-15,18H2,1H3,(H,27,30). The first-order chi connectivity index (χ1) is 16.0. The number of nitrogens with one attached hydrogen (secondary N) is 1. The molecule has 0 bridgehead atoms. The summed E-state index contributed by atoms with van der Waals surface area (Å²) in [6.45, 7) is 4.82. The van der Waals surface area contributed by atoms with Gasteiger partial charge in [0.25, 0.3) is 11.8 Å². The van der Waals surface area contributed by atoms with Crippen LogP contribution in [-0.4, -0.2) is 53.7 Å². The van der Waals surface area contributed by atoms with E-state index in [0.29, 0.717) is 43.2 Å². The van der Waals surface area contributed by atoms with E-state index in [2.05, 4.69) is 12.2 Å². The Bertz CT molecular complexity index is 992. The molecule has 3 amide bonds. The van der Waals surface area contributed by atoms with Crippen LogP contribution in [0.4, 0.5) is 0 Å². The molecule has 2 fully saturated rings. The van der Waals surface area contributed by atoms with Gasteiger partial charge in [-0.05, 0) is 55.9 Å². The molecule has 1 N–H and O–H groups in total. The number of rotatable bonds is 5. The number of furan rings is 1. The highest BCUT2D eigenvalue weighted by atomic mass is 16.3. The van der Waals surface area contributed by atoms with E-state index in [-0.39, 0.29) is 29.3 Å². The zero-order valence-corrected chi connectivity index (χ0v) is 19.0. The number of hydrogen-bond acceptors (Lipinski definition) is 4. The molecular formula is C26H31N3O4. The van der Waals surface area contributed by atoms with Gasteiger partial charge in [-0.2, -0.15) is 0 Å². The molecular weight excluding hydrogens is 418 g/mol. The van der Waals surface area contributed by atoms with Gasteiger partial charge in [0.2, 0.25) is 5.91 Å². The fourth-order valence-corrected chi connectivity index (χ4v) is 4.60. The molecule has 1 atom stereocenters. The Balaban J connectivity index is 1.41. The summed E-state index contributed by atoms with van der Waals surface area (Å²) in [6.07, 6.45) is 6.58. The van der Waals surface area contributed by atoms with E-state index < -0.39 is 0 Å². The molecule has 33 heavy (non-hydrogen) atoms. The minimum atomic E-state index is -0.356. The van der Waals surface area contributed by atoms with E-state index >= 15 is 0 Å². The molecule has 0 saturated carbocycles. The van der Waals surface area contributed by atoms with Gasteiger partial charge in [-0.1, -0.05) is 25.1 Å². The highest BCUT2D eigenvalue weighted by Crippen LogP contribution is 2.24. The van der Waals surface area contributed by atoms with Gasteiger partial charge < -0.3 is 19.5 Å². The van der Waals surface area contributed by atoms with Crippen molar-refractivity contribution in [2.45, 2.75) is 32.6 Å². The maximum atomic E-state index is 13.3. The molecule has 1 unspecified atom stereocenters. The summed E-state index contributed by atoms with van der Waals surface area (Å²) in [4.78, 5) is 42.7. The normalized spacial score (nSPS) is 19.9.